The van der Waals surface area contributed by atoms with Gasteiger partial charge in [-0.1, -0.05) is 65.4 Å². The average Bonchev–Trinajstić information content (AvgIpc) is 3.34. The molecule has 156 valence electrons. The smallest absolute Gasteiger partial charge is 0.266 e. The predicted octanol–water partition coefficient (Wildman–Crippen LogP) is 5.69. The van der Waals surface area contributed by atoms with E-state index >= 15 is 0 Å². The number of nitro benzene ring substituents is 1. The lowest BCUT2D eigenvalue weighted by Gasteiger charge is -2.14. The van der Waals surface area contributed by atoms with Crippen LogP contribution in [0.4, 0.5) is 10.8 Å². The van der Waals surface area contributed by atoms with Gasteiger partial charge >= 0.3 is 0 Å². The number of aromatic nitrogens is 1. The van der Waals surface area contributed by atoms with Gasteiger partial charge in [0.2, 0.25) is 0 Å². The van der Waals surface area contributed by atoms with Crippen LogP contribution in [0.1, 0.15) is 11.1 Å². The summed E-state index contributed by atoms with van der Waals surface area (Å²) < 4.78 is 0.734. The number of benzene rings is 3. The monoisotopic (exact) mass is 460 g/mol. The molecule has 3 aromatic carbocycles. The molecule has 9 heteroatoms. The summed E-state index contributed by atoms with van der Waals surface area (Å²) in [4.78, 5) is 34.6. The molecule has 4 aromatic rings. The highest BCUT2D eigenvalue weighted by atomic mass is 35.5. The highest BCUT2D eigenvalue weighted by molar-refractivity contribution is 7.22. The number of halogens is 1. The zero-order chi connectivity index (χ0) is 22.2. The minimum Gasteiger partial charge on any atom is -0.266 e. The van der Waals surface area contributed by atoms with Crippen molar-refractivity contribution < 1.29 is 9.72 Å². The molecule has 0 saturated carbocycles. The van der Waals surface area contributed by atoms with E-state index in [1.54, 1.807) is 30.3 Å². The number of thiazole rings is 1. The Morgan fingerprint density at radius 2 is 1.84 bits per heavy atom. The van der Waals surface area contributed by atoms with Crippen LogP contribution < -0.4 is 4.90 Å². The van der Waals surface area contributed by atoms with Gasteiger partial charge < -0.3 is 0 Å². The first-order valence-corrected chi connectivity index (χ1v) is 10.7. The van der Waals surface area contributed by atoms with Crippen molar-refractivity contribution in [2.75, 3.05) is 4.90 Å². The number of fused-ring (bicyclic) bond motifs is 1. The number of nitrogens with zero attached hydrogens (tertiary/aromatic N) is 4. The quantitative estimate of drug-likeness (QED) is 0.222. The van der Waals surface area contributed by atoms with Crippen molar-refractivity contribution in [2.45, 2.75) is 0 Å². The second kappa shape index (κ2) is 7.99. The lowest BCUT2D eigenvalue weighted by molar-refractivity contribution is -0.384. The topological polar surface area (TPSA) is 88.7 Å². The van der Waals surface area contributed by atoms with Crippen molar-refractivity contribution in [3.63, 3.8) is 0 Å². The van der Waals surface area contributed by atoms with Gasteiger partial charge in [-0.15, -0.1) is 0 Å². The molecule has 7 nitrogen and oxygen atoms in total. The zero-order valence-corrected chi connectivity index (χ0v) is 17.9. The number of rotatable bonds is 4. The van der Waals surface area contributed by atoms with Gasteiger partial charge in [0, 0.05) is 22.7 Å². The van der Waals surface area contributed by atoms with Crippen molar-refractivity contribution in [3.05, 3.63) is 105 Å². The van der Waals surface area contributed by atoms with E-state index in [0.29, 0.717) is 21.5 Å². The van der Waals surface area contributed by atoms with Gasteiger partial charge in [-0.25, -0.2) is 14.9 Å². The molecule has 0 spiro atoms. The summed E-state index contributed by atoms with van der Waals surface area (Å²) in [6.07, 6.45) is 1.68. The fraction of sp³-hybridized carbons (Fsp3) is 0. The maximum Gasteiger partial charge on any atom is 0.284 e. The average molecular weight is 461 g/mol. The minimum atomic E-state index is -0.470. The summed E-state index contributed by atoms with van der Waals surface area (Å²) >= 11 is 7.35. The Kier molecular flexibility index (Phi) is 5.01. The van der Waals surface area contributed by atoms with Gasteiger partial charge in [0.25, 0.3) is 11.6 Å². The van der Waals surface area contributed by atoms with Crippen molar-refractivity contribution in [1.82, 2.24) is 4.98 Å². The first-order chi connectivity index (χ1) is 15.5. The number of carbonyl (C=O) groups is 1. The molecule has 0 radical (unpaired) electrons. The molecule has 0 unspecified atom stereocenters. The second-order valence-corrected chi connectivity index (χ2v) is 8.38. The van der Waals surface area contributed by atoms with E-state index in [1.807, 2.05) is 36.4 Å². The molecule has 1 aliphatic heterocycles. The minimum absolute atomic E-state index is 0.0550. The Labute approximate surface area is 191 Å². The molecule has 0 bridgehead atoms. The number of amides is 1. The van der Waals surface area contributed by atoms with E-state index in [-0.39, 0.29) is 17.3 Å². The molecule has 0 atom stereocenters. The summed E-state index contributed by atoms with van der Waals surface area (Å²) in [5.41, 5.74) is 2.14. The van der Waals surface area contributed by atoms with Crippen LogP contribution >= 0.6 is 22.9 Å². The number of non-ortho nitro benzene ring substituents is 1. The third-order valence-electron chi connectivity index (χ3n) is 4.81. The molecule has 5 rings (SSSR count). The Balaban J connectivity index is 1.63. The highest BCUT2D eigenvalue weighted by Gasteiger charge is 2.34. The van der Waals surface area contributed by atoms with Gasteiger partial charge in [-0.2, -0.15) is 0 Å². The molecule has 1 aromatic heterocycles. The first-order valence-electron chi connectivity index (χ1n) is 9.50. The van der Waals surface area contributed by atoms with Crippen LogP contribution in [0.5, 0.6) is 0 Å². The number of nitro groups is 1. The van der Waals surface area contributed by atoms with Crippen molar-refractivity contribution in [2.24, 2.45) is 4.99 Å². The molecular formula is C23H13ClN4O3S. The van der Waals surface area contributed by atoms with Crippen LogP contribution in [0.25, 0.3) is 16.3 Å². The summed E-state index contributed by atoms with van der Waals surface area (Å²) in [5.74, 6) is 0.106. The zero-order valence-electron chi connectivity index (χ0n) is 16.3. The van der Waals surface area contributed by atoms with Crippen LogP contribution in [0.15, 0.2) is 83.5 Å². The van der Waals surface area contributed by atoms with E-state index in [0.717, 1.165) is 15.8 Å². The molecule has 1 aliphatic rings. The first kappa shape index (κ1) is 20.0. The van der Waals surface area contributed by atoms with Crippen molar-refractivity contribution in [3.8, 4) is 0 Å². The van der Waals surface area contributed by atoms with E-state index in [4.69, 9.17) is 11.6 Å². The SMILES string of the molecule is O=C1C(=Cc2cccc(Cl)c2)N=C(c2ccccc2)N1c1nc2cc([N+](=O)[O-])ccc2s1. The summed E-state index contributed by atoms with van der Waals surface area (Å²) in [6, 6.07) is 20.9. The number of hydrogen-bond acceptors (Lipinski definition) is 6. The third-order valence-corrected chi connectivity index (χ3v) is 6.06. The lowest BCUT2D eigenvalue weighted by Crippen LogP contribution is -2.32. The molecule has 0 aliphatic carbocycles. The maximum atomic E-state index is 13.4. The van der Waals surface area contributed by atoms with Crippen LogP contribution in [-0.4, -0.2) is 21.7 Å². The Hall–Kier alpha value is -3.88. The number of carbonyl (C=O) groups excluding carboxylic acids is 1. The van der Waals surface area contributed by atoms with Crippen LogP contribution in [0.3, 0.4) is 0 Å². The Morgan fingerprint density at radius 3 is 2.59 bits per heavy atom. The molecule has 1 amide bonds. The van der Waals surface area contributed by atoms with E-state index < -0.39 is 4.92 Å². The number of hydrogen-bond donors (Lipinski definition) is 0. The Morgan fingerprint density at radius 1 is 1.03 bits per heavy atom. The predicted molar refractivity (Wildman–Crippen MR) is 126 cm³/mol. The van der Waals surface area contributed by atoms with Crippen LogP contribution in [0.2, 0.25) is 5.02 Å². The largest absolute Gasteiger partial charge is 0.284 e. The lowest BCUT2D eigenvalue weighted by atomic mass is 10.2. The molecule has 0 saturated heterocycles. The third kappa shape index (κ3) is 3.66. The van der Waals surface area contributed by atoms with Crippen LogP contribution in [-0.2, 0) is 4.79 Å². The molecular weight excluding hydrogens is 448 g/mol. The van der Waals surface area contributed by atoms with Crippen molar-refractivity contribution in [1.29, 1.82) is 0 Å². The van der Waals surface area contributed by atoms with Gasteiger partial charge in [0.15, 0.2) is 5.13 Å². The van der Waals surface area contributed by atoms with E-state index in [9.17, 15) is 14.9 Å². The molecule has 2 heterocycles. The number of amidine groups is 1. The number of anilines is 1. The van der Waals surface area contributed by atoms with E-state index in [1.165, 1.54) is 28.4 Å². The molecule has 0 N–H and O–H groups in total. The normalized spacial score (nSPS) is 14.9. The standard InChI is InChI=1S/C23H13ClN4O3S/c24-16-8-4-5-14(11-16)12-19-22(29)27(21(25-19)15-6-2-1-3-7-15)23-26-18-13-17(28(30)31)9-10-20(18)32-23/h1-13H. The van der Waals surface area contributed by atoms with Gasteiger partial charge in [-0.3, -0.25) is 14.9 Å². The van der Waals surface area contributed by atoms with Gasteiger partial charge in [0.05, 0.1) is 15.1 Å². The molecule has 32 heavy (non-hydrogen) atoms. The Bertz CT molecular complexity index is 1450. The fourth-order valence-electron chi connectivity index (χ4n) is 3.34. The maximum absolute atomic E-state index is 13.4. The van der Waals surface area contributed by atoms with Gasteiger partial charge in [-0.05, 0) is 29.8 Å². The van der Waals surface area contributed by atoms with Crippen LogP contribution in [0, 0.1) is 10.1 Å². The number of aliphatic imine (C=N–C) groups is 1. The molecule has 0 fully saturated rings. The van der Waals surface area contributed by atoms with Crippen molar-refractivity contribution >= 4 is 61.8 Å². The van der Waals surface area contributed by atoms with E-state index in [2.05, 4.69) is 9.98 Å². The highest BCUT2D eigenvalue weighted by Crippen LogP contribution is 2.35. The summed E-state index contributed by atoms with van der Waals surface area (Å²) in [7, 11) is 0. The second-order valence-electron chi connectivity index (χ2n) is 6.93. The summed E-state index contributed by atoms with van der Waals surface area (Å²) in [6.45, 7) is 0. The summed E-state index contributed by atoms with van der Waals surface area (Å²) in [5, 5.41) is 12.1. The van der Waals surface area contributed by atoms with Gasteiger partial charge in [0.1, 0.15) is 11.5 Å². The fourth-order valence-corrected chi connectivity index (χ4v) is 4.49.